The van der Waals surface area contributed by atoms with Crippen LogP contribution in [0, 0.1) is 18.6 Å². The van der Waals surface area contributed by atoms with Gasteiger partial charge in [-0.1, -0.05) is 45.5 Å². The lowest BCUT2D eigenvalue weighted by atomic mass is 9.95. The number of nitrogens with one attached hydrogen (secondary N) is 1. The van der Waals surface area contributed by atoms with E-state index < -0.39 is 5.82 Å². The molecule has 0 spiro atoms. The summed E-state index contributed by atoms with van der Waals surface area (Å²) >= 11 is 0. The summed E-state index contributed by atoms with van der Waals surface area (Å²) < 4.78 is 37.9. The maximum atomic E-state index is 16.8. The summed E-state index contributed by atoms with van der Waals surface area (Å²) in [5, 5.41) is 5.70. The van der Waals surface area contributed by atoms with Crippen molar-refractivity contribution in [2.24, 2.45) is 0 Å². The number of fused-ring (bicyclic) bond motifs is 4. The van der Waals surface area contributed by atoms with Gasteiger partial charge in [-0.25, -0.2) is 13.8 Å². The maximum absolute atomic E-state index is 16.8. The van der Waals surface area contributed by atoms with Crippen molar-refractivity contribution in [2.45, 2.75) is 78.3 Å². The minimum Gasteiger partial charge on any atom is -0.461 e. The van der Waals surface area contributed by atoms with Gasteiger partial charge in [-0.3, -0.25) is 4.90 Å². The number of hydrogen-bond donors (Lipinski definition) is 1. The molecule has 1 unspecified atom stereocenters. The lowest BCUT2D eigenvalue weighted by Crippen LogP contribution is -2.51. The highest BCUT2D eigenvalue weighted by Gasteiger charge is 2.45. The van der Waals surface area contributed by atoms with Crippen molar-refractivity contribution < 1.29 is 13.5 Å². The molecule has 3 saturated heterocycles. The number of pyridine rings is 1. The molecule has 2 aromatic heterocycles. The number of benzene rings is 2. The van der Waals surface area contributed by atoms with Gasteiger partial charge in [0.1, 0.15) is 29.5 Å². The Labute approximate surface area is 259 Å². The Morgan fingerprint density at radius 2 is 1.80 bits per heavy atom. The number of aryl methyl sites for hydroxylation is 2. The Hall–Kier alpha value is -3.43. The van der Waals surface area contributed by atoms with E-state index in [1.807, 2.05) is 32.0 Å². The first-order valence-corrected chi connectivity index (χ1v) is 16.0. The summed E-state index contributed by atoms with van der Waals surface area (Å²) in [7, 11) is 0. The van der Waals surface area contributed by atoms with Gasteiger partial charge in [0.05, 0.1) is 16.6 Å². The molecule has 4 aliphatic heterocycles. The number of halogens is 2. The minimum absolute atomic E-state index is 0. The largest absolute Gasteiger partial charge is 0.461 e. The topological polar surface area (TPSA) is 66.4 Å². The molecule has 0 amide bonds. The molecule has 9 heteroatoms. The van der Waals surface area contributed by atoms with Gasteiger partial charge >= 0.3 is 6.01 Å². The van der Waals surface area contributed by atoms with Crippen LogP contribution in [0.1, 0.15) is 64.6 Å². The first-order chi connectivity index (χ1) is 21.0. The third-order valence-corrected chi connectivity index (χ3v) is 9.93. The SMILES string of the molecule is C.CC.Cc1c(F)ccc2cccc(-c3nc4c5c(nc(OCC67CCCN6CCC7)nc5c3F)N3CCNCC3CC4)c12. The maximum Gasteiger partial charge on any atom is 0.319 e. The van der Waals surface area contributed by atoms with E-state index in [4.69, 9.17) is 19.7 Å². The van der Waals surface area contributed by atoms with Crippen molar-refractivity contribution in [3.63, 3.8) is 0 Å². The van der Waals surface area contributed by atoms with Crippen LogP contribution in [-0.2, 0) is 6.42 Å². The Kier molecular flexibility index (Phi) is 8.46. The number of aromatic nitrogens is 3. The van der Waals surface area contributed by atoms with Crippen molar-refractivity contribution >= 4 is 27.5 Å². The summed E-state index contributed by atoms with van der Waals surface area (Å²) in [4.78, 5) is 19.5. The second-order valence-corrected chi connectivity index (χ2v) is 12.1. The lowest BCUT2D eigenvalue weighted by Gasteiger charge is -2.36. The summed E-state index contributed by atoms with van der Waals surface area (Å²) in [6.07, 6.45) is 6.11. The van der Waals surface area contributed by atoms with Crippen LogP contribution in [0.5, 0.6) is 6.01 Å². The first kappa shape index (κ1) is 30.6. The second-order valence-electron chi connectivity index (χ2n) is 12.1. The summed E-state index contributed by atoms with van der Waals surface area (Å²) in [5.74, 6) is -0.112. The van der Waals surface area contributed by atoms with Gasteiger partial charge in [-0.15, -0.1) is 0 Å². The van der Waals surface area contributed by atoms with E-state index >= 15 is 4.39 Å². The van der Waals surface area contributed by atoms with Crippen molar-refractivity contribution in [1.82, 2.24) is 25.2 Å². The van der Waals surface area contributed by atoms with E-state index in [0.29, 0.717) is 40.7 Å². The molecule has 7 nitrogen and oxygen atoms in total. The van der Waals surface area contributed by atoms with Gasteiger partial charge in [0.15, 0.2) is 5.82 Å². The first-order valence-electron chi connectivity index (χ1n) is 16.0. The summed E-state index contributed by atoms with van der Waals surface area (Å²) in [6, 6.07) is 9.27. The predicted molar refractivity (Wildman–Crippen MR) is 174 cm³/mol. The zero-order valence-electron chi connectivity index (χ0n) is 25.3. The van der Waals surface area contributed by atoms with Gasteiger partial charge < -0.3 is 15.0 Å². The average molecular weight is 603 g/mol. The van der Waals surface area contributed by atoms with Crippen LogP contribution in [0.25, 0.3) is 32.9 Å². The standard InChI is InChI=1S/C32H34F2N6O.C2H6.CH4/c1-19-23(33)9-7-20-5-2-6-22(25(19)20)28-27(34)29-26-24(36-28)10-8-21-17-35-13-16-40(21)30(26)38-31(37-29)41-18-32-11-3-14-39(32)15-4-12-32;1-2;/h2,5-7,9,21,35H,3-4,8,10-18H2,1H3;1-2H3;1H4. The Bertz CT molecular complexity index is 1680. The van der Waals surface area contributed by atoms with Crippen LogP contribution in [0.15, 0.2) is 30.3 Å². The minimum atomic E-state index is -0.511. The molecule has 8 rings (SSSR count). The molecule has 4 aliphatic rings. The molecular weight excluding hydrogens is 558 g/mol. The van der Waals surface area contributed by atoms with Gasteiger partial charge in [0, 0.05) is 31.2 Å². The van der Waals surface area contributed by atoms with Crippen molar-refractivity contribution in [3.05, 3.63) is 53.2 Å². The number of piperazine rings is 1. The van der Waals surface area contributed by atoms with E-state index in [0.717, 1.165) is 63.1 Å². The number of rotatable bonds is 4. The fraction of sp³-hybridized carbons (Fsp3) is 0.514. The smallest absolute Gasteiger partial charge is 0.319 e. The molecular formula is C35H44F2N6O. The molecule has 0 radical (unpaired) electrons. The van der Waals surface area contributed by atoms with Crippen molar-refractivity contribution in [3.8, 4) is 17.3 Å². The number of anilines is 1. The van der Waals surface area contributed by atoms with Gasteiger partial charge in [0.25, 0.3) is 0 Å². The monoisotopic (exact) mass is 602 g/mol. The molecule has 6 heterocycles. The molecule has 2 aromatic carbocycles. The van der Waals surface area contributed by atoms with Crippen LogP contribution in [0.4, 0.5) is 14.6 Å². The molecule has 1 atom stereocenters. The highest BCUT2D eigenvalue weighted by atomic mass is 19.1. The van der Waals surface area contributed by atoms with Crippen LogP contribution in [0.2, 0.25) is 0 Å². The number of nitrogens with zero attached hydrogens (tertiary/aromatic N) is 5. The zero-order valence-corrected chi connectivity index (χ0v) is 25.3. The lowest BCUT2D eigenvalue weighted by molar-refractivity contribution is 0.108. The molecule has 1 N–H and O–H groups in total. The highest BCUT2D eigenvalue weighted by molar-refractivity contribution is 6.01. The Morgan fingerprint density at radius 3 is 2.59 bits per heavy atom. The summed E-state index contributed by atoms with van der Waals surface area (Å²) in [6.45, 7) is 10.9. The molecule has 44 heavy (non-hydrogen) atoms. The van der Waals surface area contributed by atoms with E-state index in [-0.39, 0.29) is 42.0 Å². The molecule has 234 valence electrons. The molecule has 0 saturated carbocycles. The molecule has 0 aliphatic carbocycles. The number of hydrogen-bond acceptors (Lipinski definition) is 7. The van der Waals surface area contributed by atoms with Gasteiger partial charge in [-0.2, -0.15) is 9.97 Å². The Balaban J connectivity index is 0.00000112. The third-order valence-electron chi connectivity index (χ3n) is 9.93. The normalized spacial score (nSPS) is 20.4. The number of ether oxygens (including phenoxy) is 1. The fourth-order valence-corrected chi connectivity index (χ4v) is 7.83. The van der Waals surface area contributed by atoms with Gasteiger partial charge in [-0.05, 0) is 80.9 Å². The van der Waals surface area contributed by atoms with Crippen LogP contribution >= 0.6 is 0 Å². The van der Waals surface area contributed by atoms with E-state index in [2.05, 4.69) is 15.1 Å². The fourth-order valence-electron chi connectivity index (χ4n) is 7.83. The summed E-state index contributed by atoms with van der Waals surface area (Å²) in [5.41, 5.74) is 2.32. The third kappa shape index (κ3) is 4.88. The zero-order chi connectivity index (χ0) is 29.7. The van der Waals surface area contributed by atoms with Gasteiger partial charge in [0.2, 0.25) is 0 Å². The van der Waals surface area contributed by atoms with E-state index in [9.17, 15) is 4.39 Å². The van der Waals surface area contributed by atoms with E-state index in [1.165, 1.54) is 18.9 Å². The molecule has 0 bridgehead atoms. The van der Waals surface area contributed by atoms with Crippen LogP contribution in [-0.4, -0.2) is 70.8 Å². The second kappa shape index (κ2) is 12.2. The van der Waals surface area contributed by atoms with Crippen LogP contribution in [0.3, 0.4) is 0 Å². The molecule has 4 aromatic rings. The quantitative estimate of drug-likeness (QED) is 0.275. The van der Waals surface area contributed by atoms with E-state index in [1.54, 1.807) is 13.0 Å². The van der Waals surface area contributed by atoms with Crippen molar-refractivity contribution in [1.29, 1.82) is 0 Å². The van der Waals surface area contributed by atoms with Crippen LogP contribution < -0.4 is 15.0 Å². The molecule has 3 fully saturated rings. The highest BCUT2D eigenvalue weighted by Crippen LogP contribution is 2.42. The predicted octanol–water partition coefficient (Wildman–Crippen LogP) is 6.83. The Morgan fingerprint density at radius 1 is 1.00 bits per heavy atom. The average Bonchev–Trinajstić information content (AvgIpc) is 3.58. The van der Waals surface area contributed by atoms with Crippen molar-refractivity contribution in [2.75, 3.05) is 44.2 Å².